The molecule has 0 spiro atoms. The van der Waals surface area contributed by atoms with Crippen molar-refractivity contribution in [3.05, 3.63) is 52.5 Å². The summed E-state index contributed by atoms with van der Waals surface area (Å²) in [6, 6.07) is 11.9. The number of nitrogens with one attached hydrogen (secondary N) is 1. The highest BCUT2D eigenvalue weighted by atomic mass is 79.9. The Labute approximate surface area is 174 Å². The van der Waals surface area contributed by atoms with Crippen LogP contribution >= 0.6 is 15.9 Å². The van der Waals surface area contributed by atoms with E-state index in [-0.39, 0.29) is 23.3 Å². The van der Waals surface area contributed by atoms with Crippen LogP contribution in [0, 0.1) is 5.92 Å². The lowest BCUT2D eigenvalue weighted by atomic mass is 10.2. The third-order valence-corrected chi connectivity index (χ3v) is 6.35. The van der Waals surface area contributed by atoms with Gasteiger partial charge in [-0.3, -0.25) is 4.79 Å². The van der Waals surface area contributed by atoms with E-state index in [9.17, 15) is 13.2 Å². The van der Waals surface area contributed by atoms with Crippen molar-refractivity contribution in [1.82, 2.24) is 4.72 Å². The monoisotopic (exact) mass is 466 g/mol. The van der Waals surface area contributed by atoms with E-state index in [0.29, 0.717) is 18.8 Å². The van der Waals surface area contributed by atoms with E-state index in [1.54, 1.807) is 17.0 Å². The Morgan fingerprint density at radius 3 is 2.61 bits per heavy atom. The zero-order valence-electron chi connectivity index (χ0n) is 15.8. The van der Waals surface area contributed by atoms with Gasteiger partial charge in [-0.05, 0) is 60.4 Å². The maximum atomic E-state index is 12.5. The number of hydrogen-bond acceptors (Lipinski definition) is 4. The average Bonchev–Trinajstić information content (AvgIpc) is 3.08. The highest BCUT2D eigenvalue weighted by Gasteiger charge is 2.25. The Balaban J connectivity index is 1.59. The van der Waals surface area contributed by atoms with Crippen molar-refractivity contribution >= 4 is 37.5 Å². The maximum absolute atomic E-state index is 12.5. The fraction of sp³-hybridized carbons (Fsp3) is 0.350. The van der Waals surface area contributed by atoms with Crippen LogP contribution in [0.1, 0.15) is 19.4 Å². The minimum atomic E-state index is -3.54. The first-order chi connectivity index (χ1) is 13.3. The lowest BCUT2D eigenvalue weighted by molar-refractivity contribution is -0.120. The maximum Gasteiger partial charge on any atom is 0.264 e. The largest absolute Gasteiger partial charge is 0.484 e. The van der Waals surface area contributed by atoms with E-state index in [1.807, 2.05) is 32.0 Å². The number of rotatable bonds is 7. The van der Waals surface area contributed by atoms with Gasteiger partial charge in [-0.1, -0.05) is 29.8 Å². The van der Waals surface area contributed by atoms with Crippen LogP contribution in [0.3, 0.4) is 0 Å². The molecule has 0 aliphatic carbocycles. The van der Waals surface area contributed by atoms with Gasteiger partial charge < -0.3 is 9.64 Å². The molecular weight excluding hydrogens is 444 g/mol. The summed E-state index contributed by atoms with van der Waals surface area (Å²) >= 11 is 3.44. The Kier molecular flexibility index (Phi) is 6.42. The van der Waals surface area contributed by atoms with Gasteiger partial charge in [0.25, 0.3) is 5.91 Å². The van der Waals surface area contributed by atoms with Gasteiger partial charge in [-0.2, -0.15) is 0 Å². The molecule has 2 aromatic carbocycles. The number of sulfonamides is 1. The van der Waals surface area contributed by atoms with Crippen molar-refractivity contribution in [2.24, 2.45) is 5.92 Å². The minimum Gasteiger partial charge on any atom is -0.484 e. The fourth-order valence-corrected chi connectivity index (χ4v) is 4.55. The molecule has 0 saturated heterocycles. The van der Waals surface area contributed by atoms with Crippen molar-refractivity contribution in [2.45, 2.75) is 25.2 Å². The second kappa shape index (κ2) is 8.63. The summed E-state index contributed by atoms with van der Waals surface area (Å²) in [5.41, 5.74) is 2.04. The predicted molar refractivity (Wildman–Crippen MR) is 112 cm³/mol. The number of fused-ring (bicyclic) bond motifs is 1. The van der Waals surface area contributed by atoms with Crippen LogP contribution in [-0.2, 0) is 21.2 Å². The van der Waals surface area contributed by atoms with E-state index in [0.717, 1.165) is 22.1 Å². The van der Waals surface area contributed by atoms with Gasteiger partial charge in [0, 0.05) is 23.2 Å². The van der Waals surface area contributed by atoms with E-state index in [2.05, 4.69) is 20.7 Å². The first-order valence-corrected chi connectivity index (χ1v) is 11.4. The van der Waals surface area contributed by atoms with E-state index < -0.39 is 10.0 Å². The molecule has 3 rings (SSSR count). The Hall–Kier alpha value is -1.90. The average molecular weight is 467 g/mol. The highest BCUT2D eigenvalue weighted by Crippen LogP contribution is 2.30. The molecular formula is C20H23BrN2O4S. The molecule has 2 aromatic rings. The lowest BCUT2D eigenvalue weighted by Gasteiger charge is -2.17. The van der Waals surface area contributed by atoms with E-state index >= 15 is 0 Å². The van der Waals surface area contributed by atoms with Gasteiger partial charge in [0.15, 0.2) is 6.61 Å². The number of nitrogens with zero attached hydrogens (tertiary/aromatic N) is 1. The minimum absolute atomic E-state index is 0.104. The number of ether oxygens (including phenoxy) is 1. The van der Waals surface area contributed by atoms with Crippen LogP contribution in [0.2, 0.25) is 0 Å². The number of hydrogen-bond donors (Lipinski definition) is 1. The number of carbonyl (C=O) groups excluding carboxylic acids is 1. The van der Waals surface area contributed by atoms with Crippen molar-refractivity contribution in [1.29, 1.82) is 0 Å². The normalized spacial score (nSPS) is 13.6. The van der Waals surface area contributed by atoms with Crippen molar-refractivity contribution in [3.8, 4) is 5.75 Å². The summed E-state index contributed by atoms with van der Waals surface area (Å²) in [5, 5.41) is 0. The third kappa shape index (κ3) is 4.92. The molecule has 1 aliphatic rings. The number of carbonyl (C=O) groups is 1. The quantitative estimate of drug-likeness (QED) is 0.678. The Bertz CT molecular complexity index is 959. The predicted octanol–water partition coefficient (Wildman–Crippen LogP) is 3.35. The lowest BCUT2D eigenvalue weighted by Crippen LogP contribution is -2.33. The van der Waals surface area contributed by atoms with Crippen molar-refractivity contribution in [2.75, 3.05) is 24.6 Å². The summed E-state index contributed by atoms with van der Waals surface area (Å²) in [6.07, 6.45) is 0.816. The molecule has 0 fully saturated rings. The second-order valence-corrected chi connectivity index (χ2v) is 9.76. The SMILES string of the molecule is CC(C)CNS(=O)(=O)c1ccc(OCC(=O)N2CCc3cc(Br)ccc32)cc1. The van der Waals surface area contributed by atoms with Crippen molar-refractivity contribution in [3.63, 3.8) is 0 Å². The molecule has 1 amide bonds. The smallest absolute Gasteiger partial charge is 0.264 e. The zero-order valence-corrected chi connectivity index (χ0v) is 18.2. The van der Waals surface area contributed by atoms with Gasteiger partial charge >= 0.3 is 0 Å². The highest BCUT2D eigenvalue weighted by molar-refractivity contribution is 9.10. The molecule has 6 nitrogen and oxygen atoms in total. The summed E-state index contributed by atoms with van der Waals surface area (Å²) in [7, 11) is -3.54. The van der Waals surface area contributed by atoms with Gasteiger partial charge in [0.05, 0.1) is 4.90 Å². The van der Waals surface area contributed by atoms with Crippen LogP contribution in [0.4, 0.5) is 5.69 Å². The molecule has 0 unspecified atom stereocenters. The van der Waals surface area contributed by atoms with Crippen LogP contribution < -0.4 is 14.4 Å². The first kappa shape index (κ1) is 20.8. The molecule has 8 heteroatoms. The van der Waals surface area contributed by atoms with Gasteiger partial charge in [-0.25, -0.2) is 13.1 Å². The molecule has 0 radical (unpaired) electrons. The molecule has 28 heavy (non-hydrogen) atoms. The van der Waals surface area contributed by atoms with E-state index in [4.69, 9.17) is 4.74 Å². The van der Waals surface area contributed by atoms with Crippen molar-refractivity contribution < 1.29 is 17.9 Å². The van der Waals surface area contributed by atoms with E-state index in [1.165, 1.54) is 12.1 Å². The number of amides is 1. The third-order valence-electron chi connectivity index (χ3n) is 4.42. The molecule has 0 atom stereocenters. The van der Waals surface area contributed by atoms with Crippen LogP contribution in [0.5, 0.6) is 5.75 Å². The number of halogens is 1. The standard InChI is InChI=1S/C20H23BrN2O4S/c1-14(2)12-22-28(25,26)18-6-4-17(5-7-18)27-13-20(24)23-10-9-15-11-16(21)3-8-19(15)23/h3-8,11,14,22H,9-10,12-13H2,1-2H3. The second-order valence-electron chi connectivity index (χ2n) is 7.07. The zero-order chi connectivity index (χ0) is 20.3. The molecule has 0 aromatic heterocycles. The molecule has 0 saturated carbocycles. The first-order valence-electron chi connectivity index (χ1n) is 9.07. The van der Waals surface area contributed by atoms with Gasteiger partial charge in [-0.15, -0.1) is 0 Å². The number of anilines is 1. The van der Waals surface area contributed by atoms with Gasteiger partial charge in [0.2, 0.25) is 10.0 Å². The topological polar surface area (TPSA) is 75.7 Å². The summed E-state index contributed by atoms with van der Waals surface area (Å²) < 4.78 is 33.6. The Morgan fingerprint density at radius 1 is 1.21 bits per heavy atom. The molecule has 1 N–H and O–H groups in total. The Morgan fingerprint density at radius 2 is 1.93 bits per heavy atom. The van der Waals surface area contributed by atoms with Crippen LogP contribution in [0.25, 0.3) is 0 Å². The summed E-state index contributed by atoms with van der Waals surface area (Å²) in [5.74, 6) is 0.544. The van der Waals surface area contributed by atoms with Gasteiger partial charge in [0.1, 0.15) is 5.75 Å². The molecule has 150 valence electrons. The fourth-order valence-electron chi connectivity index (χ4n) is 2.93. The van der Waals surface area contributed by atoms with Crippen LogP contribution in [0.15, 0.2) is 51.8 Å². The summed E-state index contributed by atoms with van der Waals surface area (Å²) in [4.78, 5) is 14.4. The molecule has 1 heterocycles. The molecule has 0 bridgehead atoms. The number of benzene rings is 2. The molecule has 1 aliphatic heterocycles. The summed E-state index contributed by atoms with van der Waals surface area (Å²) in [6.45, 7) is 4.78. The van der Waals surface area contributed by atoms with Crippen LogP contribution in [-0.4, -0.2) is 34.0 Å².